The lowest BCUT2D eigenvalue weighted by molar-refractivity contribution is -0.121. The predicted octanol–water partition coefficient (Wildman–Crippen LogP) is 3.53. The molecule has 4 aromatic rings. The van der Waals surface area contributed by atoms with E-state index in [1.54, 1.807) is 6.20 Å². The number of pyridine rings is 1. The second-order valence-electron chi connectivity index (χ2n) is 6.14. The van der Waals surface area contributed by atoms with Gasteiger partial charge in [0.1, 0.15) is 5.69 Å². The topological polar surface area (TPSA) is 80.9 Å². The molecule has 27 heavy (non-hydrogen) atoms. The molecule has 6 heteroatoms. The van der Waals surface area contributed by atoms with E-state index in [0.29, 0.717) is 30.4 Å². The smallest absolute Gasteiger partial charge is 0.227 e. The minimum atomic E-state index is -0.0551. The zero-order valence-corrected chi connectivity index (χ0v) is 14.6. The highest BCUT2D eigenvalue weighted by molar-refractivity contribution is 5.86. The number of aromatic nitrogens is 3. The maximum atomic E-state index is 12.2. The van der Waals surface area contributed by atoms with Crippen molar-refractivity contribution in [3.05, 3.63) is 78.3 Å². The van der Waals surface area contributed by atoms with Crippen LogP contribution < -0.4 is 5.32 Å². The second-order valence-corrected chi connectivity index (χ2v) is 6.14. The summed E-state index contributed by atoms with van der Waals surface area (Å²) >= 11 is 0. The molecule has 0 aliphatic carbocycles. The largest absolute Gasteiger partial charge is 0.352 e. The number of carbonyl (C=O) groups is 1. The van der Waals surface area contributed by atoms with Crippen molar-refractivity contribution in [2.75, 3.05) is 0 Å². The first-order valence-electron chi connectivity index (χ1n) is 8.77. The summed E-state index contributed by atoms with van der Waals surface area (Å²) in [5.41, 5.74) is 1.74. The van der Waals surface area contributed by atoms with Gasteiger partial charge >= 0.3 is 0 Å². The van der Waals surface area contributed by atoms with Gasteiger partial charge in [-0.15, -0.1) is 0 Å². The van der Waals surface area contributed by atoms with Crippen LogP contribution >= 0.6 is 0 Å². The van der Waals surface area contributed by atoms with Crippen molar-refractivity contribution in [3.63, 3.8) is 0 Å². The normalized spacial score (nSPS) is 10.8. The predicted molar refractivity (Wildman–Crippen MR) is 102 cm³/mol. The molecule has 2 aromatic heterocycles. The van der Waals surface area contributed by atoms with Crippen LogP contribution in [0.15, 0.2) is 71.4 Å². The van der Waals surface area contributed by atoms with Gasteiger partial charge in [0, 0.05) is 25.6 Å². The third-order valence-corrected chi connectivity index (χ3v) is 4.28. The Morgan fingerprint density at radius 2 is 1.85 bits per heavy atom. The van der Waals surface area contributed by atoms with Gasteiger partial charge in [-0.2, -0.15) is 4.98 Å². The van der Waals surface area contributed by atoms with Crippen molar-refractivity contribution < 1.29 is 9.32 Å². The highest BCUT2D eigenvalue weighted by Gasteiger charge is 2.11. The van der Waals surface area contributed by atoms with Gasteiger partial charge in [0.15, 0.2) is 0 Å². The van der Waals surface area contributed by atoms with Crippen molar-refractivity contribution in [1.82, 2.24) is 20.4 Å². The molecular weight excluding hydrogens is 340 g/mol. The molecule has 0 radical (unpaired) electrons. The van der Waals surface area contributed by atoms with Crippen molar-refractivity contribution in [2.24, 2.45) is 0 Å². The zero-order chi connectivity index (χ0) is 18.5. The Balaban J connectivity index is 1.33. The second kappa shape index (κ2) is 7.78. The van der Waals surface area contributed by atoms with Gasteiger partial charge in [0.2, 0.25) is 17.6 Å². The summed E-state index contributed by atoms with van der Waals surface area (Å²) in [6.07, 6.45) is 2.35. The Kier molecular flexibility index (Phi) is 4.87. The van der Waals surface area contributed by atoms with Crippen LogP contribution in [0.4, 0.5) is 0 Å². The van der Waals surface area contributed by atoms with Gasteiger partial charge in [-0.1, -0.05) is 53.7 Å². The fourth-order valence-corrected chi connectivity index (χ4v) is 2.90. The number of nitrogens with zero attached hydrogens (tertiary/aromatic N) is 3. The van der Waals surface area contributed by atoms with Crippen LogP contribution in [0, 0.1) is 0 Å². The van der Waals surface area contributed by atoms with Crippen LogP contribution in [-0.4, -0.2) is 21.0 Å². The lowest BCUT2D eigenvalue weighted by Crippen LogP contribution is -2.23. The molecule has 0 fully saturated rings. The summed E-state index contributed by atoms with van der Waals surface area (Å²) in [7, 11) is 0. The maximum Gasteiger partial charge on any atom is 0.227 e. The van der Waals surface area contributed by atoms with Crippen LogP contribution in [0.5, 0.6) is 0 Å². The molecule has 0 saturated heterocycles. The van der Waals surface area contributed by atoms with E-state index in [1.807, 2.05) is 42.5 Å². The molecule has 4 rings (SSSR count). The third-order valence-electron chi connectivity index (χ3n) is 4.28. The SMILES string of the molecule is O=C(CCc1nc(-c2ccccn2)no1)NCc1cccc2ccccc12. The third kappa shape index (κ3) is 4.00. The summed E-state index contributed by atoms with van der Waals surface area (Å²) in [6, 6.07) is 19.7. The number of hydrogen-bond acceptors (Lipinski definition) is 5. The molecule has 1 N–H and O–H groups in total. The van der Waals surface area contributed by atoms with Crippen LogP contribution in [0.2, 0.25) is 0 Å². The minimum Gasteiger partial charge on any atom is -0.352 e. The first-order chi connectivity index (χ1) is 13.3. The van der Waals surface area contributed by atoms with E-state index >= 15 is 0 Å². The number of fused-ring (bicyclic) bond motifs is 1. The fourth-order valence-electron chi connectivity index (χ4n) is 2.90. The number of aryl methyl sites for hydroxylation is 1. The Morgan fingerprint density at radius 1 is 1.00 bits per heavy atom. The number of rotatable bonds is 6. The van der Waals surface area contributed by atoms with Gasteiger partial charge in [0.05, 0.1) is 0 Å². The van der Waals surface area contributed by atoms with Crippen molar-refractivity contribution in [3.8, 4) is 11.5 Å². The lowest BCUT2D eigenvalue weighted by atomic mass is 10.0. The minimum absolute atomic E-state index is 0.0551. The standard InChI is InChI=1S/C21H18N4O2/c26-19(23-14-16-8-5-7-15-6-1-2-9-17(15)16)11-12-20-24-21(25-27-20)18-10-3-4-13-22-18/h1-10,13H,11-12,14H2,(H,23,26). The number of carbonyl (C=O) groups excluding carboxylic acids is 1. The molecule has 1 amide bonds. The Morgan fingerprint density at radius 3 is 2.74 bits per heavy atom. The monoisotopic (exact) mass is 358 g/mol. The van der Waals surface area contributed by atoms with Crippen molar-refractivity contribution in [2.45, 2.75) is 19.4 Å². The van der Waals surface area contributed by atoms with Gasteiger partial charge in [-0.25, -0.2) is 0 Å². The molecule has 2 heterocycles. The van der Waals surface area contributed by atoms with Crippen LogP contribution in [0.1, 0.15) is 17.9 Å². The molecule has 0 saturated carbocycles. The molecule has 0 aliphatic rings. The van der Waals surface area contributed by atoms with Crippen molar-refractivity contribution >= 4 is 16.7 Å². The van der Waals surface area contributed by atoms with E-state index in [-0.39, 0.29) is 12.3 Å². The Labute approximate surface area is 156 Å². The zero-order valence-electron chi connectivity index (χ0n) is 14.6. The van der Waals surface area contributed by atoms with Crippen LogP contribution in [0.25, 0.3) is 22.3 Å². The summed E-state index contributed by atoms with van der Waals surface area (Å²) in [6.45, 7) is 0.489. The molecule has 134 valence electrons. The van der Waals surface area contributed by atoms with Gasteiger partial charge in [-0.05, 0) is 28.5 Å². The molecule has 0 unspecified atom stereocenters. The average Bonchev–Trinajstić information content (AvgIpc) is 3.20. The number of amides is 1. The lowest BCUT2D eigenvalue weighted by Gasteiger charge is -2.08. The molecule has 0 aliphatic heterocycles. The van der Waals surface area contributed by atoms with E-state index < -0.39 is 0 Å². The molecule has 2 aromatic carbocycles. The molecule has 0 atom stereocenters. The maximum absolute atomic E-state index is 12.2. The fraction of sp³-hybridized carbons (Fsp3) is 0.143. The van der Waals surface area contributed by atoms with Gasteiger partial charge in [0.25, 0.3) is 0 Å². The first kappa shape index (κ1) is 16.9. The van der Waals surface area contributed by atoms with E-state index in [0.717, 1.165) is 16.3 Å². The molecular formula is C21H18N4O2. The van der Waals surface area contributed by atoms with Gasteiger partial charge in [-0.3, -0.25) is 9.78 Å². The van der Waals surface area contributed by atoms with Crippen LogP contribution in [0.3, 0.4) is 0 Å². The molecule has 0 spiro atoms. The van der Waals surface area contributed by atoms with E-state index in [4.69, 9.17) is 4.52 Å². The highest BCUT2D eigenvalue weighted by Crippen LogP contribution is 2.18. The average molecular weight is 358 g/mol. The van der Waals surface area contributed by atoms with E-state index in [9.17, 15) is 4.79 Å². The molecule has 0 bridgehead atoms. The first-order valence-corrected chi connectivity index (χ1v) is 8.77. The Bertz CT molecular complexity index is 1050. The van der Waals surface area contributed by atoms with Crippen molar-refractivity contribution in [1.29, 1.82) is 0 Å². The van der Waals surface area contributed by atoms with E-state index in [1.165, 1.54) is 0 Å². The van der Waals surface area contributed by atoms with Crippen LogP contribution in [-0.2, 0) is 17.8 Å². The van der Waals surface area contributed by atoms with E-state index in [2.05, 4.69) is 38.6 Å². The van der Waals surface area contributed by atoms with Gasteiger partial charge < -0.3 is 9.84 Å². The quantitative estimate of drug-likeness (QED) is 0.570. The number of nitrogens with one attached hydrogen (secondary N) is 1. The Hall–Kier alpha value is -3.54. The number of benzene rings is 2. The summed E-state index contributed by atoms with van der Waals surface area (Å²) < 4.78 is 5.21. The molecule has 6 nitrogen and oxygen atoms in total. The summed E-state index contributed by atoms with van der Waals surface area (Å²) in [5, 5.41) is 9.18. The summed E-state index contributed by atoms with van der Waals surface area (Å²) in [5.74, 6) is 0.804. The summed E-state index contributed by atoms with van der Waals surface area (Å²) in [4.78, 5) is 20.7. The highest BCUT2D eigenvalue weighted by atomic mass is 16.5. The number of hydrogen-bond donors (Lipinski definition) is 1.